The first-order chi connectivity index (χ1) is 14.2. The SMILES string of the molecule is CC(=O)N[C@@H]1[C@H](Oc2ccccc2)O[C@H](COC(C)=O)[C@H](OC(C)=O)[C@H]1OC(C)=O. The smallest absolute Gasteiger partial charge is 0.303 e. The Kier molecular flexibility index (Phi) is 8.16. The minimum absolute atomic E-state index is 0.285. The summed E-state index contributed by atoms with van der Waals surface area (Å²) in [5.41, 5.74) is 0. The topological polar surface area (TPSA) is 126 Å². The molecule has 0 radical (unpaired) electrons. The number of amides is 1. The summed E-state index contributed by atoms with van der Waals surface area (Å²) >= 11 is 0. The van der Waals surface area contributed by atoms with Gasteiger partial charge in [0.15, 0.2) is 12.2 Å². The van der Waals surface area contributed by atoms with E-state index in [-0.39, 0.29) is 6.61 Å². The van der Waals surface area contributed by atoms with Gasteiger partial charge in [0.2, 0.25) is 12.2 Å². The highest BCUT2D eigenvalue weighted by molar-refractivity contribution is 5.73. The third-order valence-electron chi connectivity index (χ3n) is 4.07. The number of hydrogen-bond donors (Lipinski definition) is 1. The predicted octanol–water partition coefficient (Wildman–Crippen LogP) is 0.721. The molecule has 0 unspecified atom stereocenters. The fraction of sp³-hybridized carbons (Fsp3) is 0.500. The average Bonchev–Trinajstić information content (AvgIpc) is 2.64. The highest BCUT2D eigenvalue weighted by Gasteiger charge is 2.51. The van der Waals surface area contributed by atoms with Gasteiger partial charge in [-0.15, -0.1) is 0 Å². The molecule has 1 saturated heterocycles. The molecule has 10 nitrogen and oxygen atoms in total. The maximum atomic E-state index is 11.8. The Labute approximate surface area is 173 Å². The number of benzene rings is 1. The minimum atomic E-state index is -1.15. The van der Waals surface area contributed by atoms with Crippen molar-refractivity contribution in [3.63, 3.8) is 0 Å². The van der Waals surface area contributed by atoms with Crippen LogP contribution in [0.15, 0.2) is 30.3 Å². The normalized spacial score (nSPS) is 25.5. The van der Waals surface area contributed by atoms with Gasteiger partial charge >= 0.3 is 17.9 Å². The van der Waals surface area contributed by atoms with Crippen LogP contribution in [0.4, 0.5) is 0 Å². The molecule has 1 heterocycles. The molecule has 1 N–H and O–H groups in total. The lowest BCUT2D eigenvalue weighted by molar-refractivity contribution is -0.257. The summed E-state index contributed by atoms with van der Waals surface area (Å²) in [6.07, 6.45) is -4.45. The molecule has 1 amide bonds. The van der Waals surface area contributed by atoms with Crippen molar-refractivity contribution in [1.29, 1.82) is 0 Å². The van der Waals surface area contributed by atoms with E-state index in [2.05, 4.69) is 5.32 Å². The number of esters is 3. The maximum Gasteiger partial charge on any atom is 0.303 e. The van der Waals surface area contributed by atoms with Crippen LogP contribution in [-0.4, -0.2) is 61.1 Å². The predicted molar refractivity (Wildman–Crippen MR) is 101 cm³/mol. The molecule has 164 valence electrons. The van der Waals surface area contributed by atoms with E-state index in [1.165, 1.54) is 27.7 Å². The molecule has 1 aliphatic rings. The Morgan fingerprint density at radius 2 is 1.50 bits per heavy atom. The summed E-state index contributed by atoms with van der Waals surface area (Å²) in [6, 6.07) is 7.62. The van der Waals surface area contributed by atoms with Gasteiger partial charge in [-0.3, -0.25) is 19.2 Å². The number of hydrogen-bond acceptors (Lipinski definition) is 9. The van der Waals surface area contributed by atoms with Crippen LogP contribution in [-0.2, 0) is 38.1 Å². The first kappa shape index (κ1) is 23.1. The van der Waals surface area contributed by atoms with Gasteiger partial charge in [0.1, 0.15) is 24.5 Å². The third kappa shape index (κ3) is 6.73. The van der Waals surface area contributed by atoms with Crippen LogP contribution in [0.2, 0.25) is 0 Å². The number of nitrogens with one attached hydrogen (secondary N) is 1. The Hall–Kier alpha value is -3.14. The third-order valence-corrected chi connectivity index (χ3v) is 4.07. The van der Waals surface area contributed by atoms with Gasteiger partial charge in [-0.05, 0) is 12.1 Å². The summed E-state index contributed by atoms with van der Waals surface area (Å²) in [6.45, 7) is 4.56. The lowest BCUT2D eigenvalue weighted by Gasteiger charge is -2.44. The molecule has 1 aliphatic heterocycles. The highest BCUT2D eigenvalue weighted by atomic mass is 16.7. The second kappa shape index (κ2) is 10.6. The van der Waals surface area contributed by atoms with E-state index in [1.807, 2.05) is 0 Å². The summed E-state index contributed by atoms with van der Waals surface area (Å²) in [5, 5.41) is 2.63. The molecular weight excluding hydrogens is 398 g/mol. The zero-order valence-electron chi connectivity index (χ0n) is 17.2. The van der Waals surface area contributed by atoms with Crippen molar-refractivity contribution < 1.29 is 42.9 Å². The number of ether oxygens (including phenoxy) is 5. The van der Waals surface area contributed by atoms with E-state index in [9.17, 15) is 19.2 Å². The molecule has 30 heavy (non-hydrogen) atoms. The second-order valence-corrected chi connectivity index (χ2v) is 6.65. The van der Waals surface area contributed by atoms with E-state index >= 15 is 0 Å². The first-order valence-corrected chi connectivity index (χ1v) is 9.29. The van der Waals surface area contributed by atoms with Crippen molar-refractivity contribution in [1.82, 2.24) is 5.32 Å². The molecule has 5 atom stereocenters. The van der Waals surface area contributed by atoms with Crippen LogP contribution < -0.4 is 10.1 Å². The Bertz CT molecular complexity index is 767. The van der Waals surface area contributed by atoms with E-state index in [0.717, 1.165) is 0 Å². The summed E-state index contributed by atoms with van der Waals surface area (Å²) < 4.78 is 27.5. The van der Waals surface area contributed by atoms with E-state index in [1.54, 1.807) is 30.3 Å². The van der Waals surface area contributed by atoms with Crippen molar-refractivity contribution in [3.8, 4) is 5.75 Å². The lowest BCUT2D eigenvalue weighted by Crippen LogP contribution is -2.67. The van der Waals surface area contributed by atoms with Crippen LogP contribution >= 0.6 is 0 Å². The van der Waals surface area contributed by atoms with Gasteiger partial charge < -0.3 is 29.0 Å². The number of carbonyl (C=O) groups excluding carboxylic acids is 4. The molecule has 1 fully saturated rings. The van der Waals surface area contributed by atoms with Crippen molar-refractivity contribution >= 4 is 23.8 Å². The minimum Gasteiger partial charge on any atom is -0.463 e. The molecule has 2 rings (SSSR count). The Morgan fingerprint density at radius 3 is 2.03 bits per heavy atom. The molecule has 0 saturated carbocycles. The second-order valence-electron chi connectivity index (χ2n) is 6.65. The molecule has 1 aromatic carbocycles. The summed E-state index contributed by atoms with van der Waals surface area (Å²) in [7, 11) is 0. The largest absolute Gasteiger partial charge is 0.463 e. The van der Waals surface area contributed by atoms with Gasteiger partial charge in [0, 0.05) is 27.7 Å². The number of carbonyl (C=O) groups is 4. The van der Waals surface area contributed by atoms with Crippen molar-refractivity contribution in [3.05, 3.63) is 30.3 Å². The highest BCUT2D eigenvalue weighted by Crippen LogP contribution is 2.29. The standard InChI is InChI=1S/C20H25NO9/c1-11(22)21-17-19(28-14(4)25)18(27-13(3)24)16(10-26-12(2)23)30-20(17)29-15-8-6-5-7-9-15/h5-9,16-20H,10H2,1-4H3,(H,21,22)/t16-,17+,18+,19+,20-/m1/s1. The van der Waals surface area contributed by atoms with Crippen molar-refractivity contribution in [2.75, 3.05) is 6.61 Å². The van der Waals surface area contributed by atoms with Crippen LogP contribution in [0.3, 0.4) is 0 Å². The molecule has 0 aromatic heterocycles. The van der Waals surface area contributed by atoms with Gasteiger partial charge in [-0.1, -0.05) is 18.2 Å². The average molecular weight is 423 g/mol. The maximum absolute atomic E-state index is 11.8. The summed E-state index contributed by atoms with van der Waals surface area (Å²) in [4.78, 5) is 46.6. The molecule has 1 aromatic rings. The number of para-hydroxylation sites is 1. The molecular formula is C20H25NO9. The molecule has 0 aliphatic carbocycles. The van der Waals surface area contributed by atoms with Crippen LogP contribution in [0, 0.1) is 0 Å². The van der Waals surface area contributed by atoms with Gasteiger partial charge in [-0.2, -0.15) is 0 Å². The van der Waals surface area contributed by atoms with Crippen LogP contribution in [0.25, 0.3) is 0 Å². The van der Waals surface area contributed by atoms with Gasteiger partial charge in [0.25, 0.3) is 0 Å². The van der Waals surface area contributed by atoms with E-state index in [0.29, 0.717) is 5.75 Å². The van der Waals surface area contributed by atoms with Crippen molar-refractivity contribution in [2.24, 2.45) is 0 Å². The number of rotatable bonds is 7. The fourth-order valence-electron chi connectivity index (χ4n) is 3.02. The molecule has 10 heteroatoms. The monoisotopic (exact) mass is 423 g/mol. The van der Waals surface area contributed by atoms with Crippen LogP contribution in [0.1, 0.15) is 27.7 Å². The van der Waals surface area contributed by atoms with E-state index in [4.69, 9.17) is 23.7 Å². The Balaban J connectivity index is 2.42. The fourth-order valence-corrected chi connectivity index (χ4v) is 3.02. The van der Waals surface area contributed by atoms with Crippen molar-refractivity contribution in [2.45, 2.75) is 58.3 Å². The Morgan fingerprint density at radius 1 is 0.900 bits per heavy atom. The zero-order valence-corrected chi connectivity index (χ0v) is 17.2. The van der Waals surface area contributed by atoms with Gasteiger partial charge in [0.05, 0.1) is 0 Å². The summed E-state index contributed by atoms with van der Waals surface area (Å²) in [5.74, 6) is -1.93. The van der Waals surface area contributed by atoms with Crippen LogP contribution in [0.5, 0.6) is 5.75 Å². The van der Waals surface area contributed by atoms with E-state index < -0.39 is 54.5 Å². The lowest BCUT2D eigenvalue weighted by atomic mass is 9.96. The van der Waals surface area contributed by atoms with Gasteiger partial charge in [-0.25, -0.2) is 0 Å². The quantitative estimate of drug-likeness (QED) is 0.498. The molecule has 0 spiro atoms. The molecule has 0 bridgehead atoms. The zero-order chi connectivity index (χ0) is 22.3. The first-order valence-electron chi connectivity index (χ1n) is 9.29.